The lowest BCUT2D eigenvalue weighted by Gasteiger charge is -2.22. The summed E-state index contributed by atoms with van der Waals surface area (Å²) in [5.74, 6) is -0.306. The van der Waals surface area contributed by atoms with Gasteiger partial charge in [-0.05, 0) is 24.1 Å². The quantitative estimate of drug-likeness (QED) is 0.718. The van der Waals surface area contributed by atoms with E-state index < -0.39 is 11.5 Å². The molecule has 18 heavy (non-hydrogen) atoms. The number of rotatable bonds is 7. The zero-order valence-electron chi connectivity index (χ0n) is 10.7. The fourth-order valence-electron chi connectivity index (χ4n) is 1.55. The van der Waals surface area contributed by atoms with Crippen molar-refractivity contribution in [3.05, 3.63) is 29.8 Å². The highest BCUT2D eigenvalue weighted by atomic mass is 16.7. The van der Waals surface area contributed by atoms with Crippen molar-refractivity contribution in [3.63, 3.8) is 0 Å². The minimum Gasteiger partial charge on any atom is -0.480 e. The number of carboxylic acids is 1. The Morgan fingerprint density at radius 2 is 2.00 bits per heavy atom. The van der Waals surface area contributed by atoms with Crippen LogP contribution in [-0.4, -0.2) is 30.5 Å². The molecule has 1 atom stereocenters. The number of aliphatic carboxylic acids is 1. The maximum Gasteiger partial charge on any atom is 0.324 e. The van der Waals surface area contributed by atoms with Gasteiger partial charge in [-0.25, -0.2) is 0 Å². The SMILES string of the molecule is CCC(N)(Cc1ccc(OCOC)cc1)C(=O)O. The van der Waals surface area contributed by atoms with Gasteiger partial charge in [0.2, 0.25) is 0 Å². The van der Waals surface area contributed by atoms with Crippen LogP contribution >= 0.6 is 0 Å². The van der Waals surface area contributed by atoms with E-state index in [2.05, 4.69) is 0 Å². The van der Waals surface area contributed by atoms with Gasteiger partial charge in [0, 0.05) is 13.5 Å². The van der Waals surface area contributed by atoms with E-state index in [1.807, 2.05) is 12.1 Å². The van der Waals surface area contributed by atoms with Gasteiger partial charge in [0.05, 0.1) is 0 Å². The van der Waals surface area contributed by atoms with Crippen LogP contribution in [0, 0.1) is 0 Å². The molecule has 100 valence electrons. The third kappa shape index (κ3) is 3.72. The Balaban J connectivity index is 2.71. The third-order valence-corrected chi connectivity index (χ3v) is 2.84. The van der Waals surface area contributed by atoms with Crippen LogP contribution in [0.15, 0.2) is 24.3 Å². The molecule has 0 spiro atoms. The number of methoxy groups -OCH3 is 1. The summed E-state index contributed by atoms with van der Waals surface area (Å²) in [6.45, 7) is 1.95. The predicted octanol–water partition coefficient (Wildman–Crippen LogP) is 1.40. The van der Waals surface area contributed by atoms with Crippen molar-refractivity contribution in [2.75, 3.05) is 13.9 Å². The molecule has 0 radical (unpaired) electrons. The summed E-state index contributed by atoms with van der Waals surface area (Å²) in [6, 6.07) is 7.16. The molecular weight excluding hydrogens is 234 g/mol. The standard InChI is InChI=1S/C13H19NO4/c1-3-13(14,12(15)16)8-10-4-6-11(7-5-10)18-9-17-2/h4-7H,3,8-9,14H2,1-2H3,(H,15,16). The van der Waals surface area contributed by atoms with Gasteiger partial charge in [0.25, 0.3) is 0 Å². The number of benzene rings is 1. The highest BCUT2D eigenvalue weighted by Crippen LogP contribution is 2.18. The molecule has 5 heteroatoms. The molecule has 0 aliphatic rings. The first-order chi connectivity index (χ1) is 8.51. The number of ether oxygens (including phenoxy) is 2. The van der Waals surface area contributed by atoms with E-state index in [0.29, 0.717) is 18.6 Å². The van der Waals surface area contributed by atoms with Gasteiger partial charge >= 0.3 is 5.97 Å². The Bertz CT molecular complexity index is 390. The zero-order valence-corrected chi connectivity index (χ0v) is 10.7. The van der Waals surface area contributed by atoms with E-state index in [0.717, 1.165) is 5.56 Å². The van der Waals surface area contributed by atoms with E-state index in [4.69, 9.17) is 20.3 Å². The van der Waals surface area contributed by atoms with E-state index in [1.165, 1.54) is 0 Å². The molecule has 1 rings (SSSR count). The smallest absolute Gasteiger partial charge is 0.324 e. The lowest BCUT2D eigenvalue weighted by molar-refractivity contribution is -0.143. The summed E-state index contributed by atoms with van der Waals surface area (Å²) in [4.78, 5) is 11.1. The minimum absolute atomic E-state index is 0.185. The predicted molar refractivity (Wildman–Crippen MR) is 67.5 cm³/mol. The Hall–Kier alpha value is -1.59. The summed E-state index contributed by atoms with van der Waals surface area (Å²) in [7, 11) is 1.55. The molecule has 0 fully saturated rings. The minimum atomic E-state index is -1.21. The number of hydrogen-bond acceptors (Lipinski definition) is 4. The van der Waals surface area contributed by atoms with Crippen LogP contribution in [0.1, 0.15) is 18.9 Å². The van der Waals surface area contributed by atoms with Crippen LogP contribution in [0.3, 0.4) is 0 Å². The molecule has 0 saturated heterocycles. The molecule has 0 aromatic heterocycles. The summed E-state index contributed by atoms with van der Waals surface area (Å²) in [5, 5.41) is 9.10. The van der Waals surface area contributed by atoms with Crippen molar-refractivity contribution in [1.82, 2.24) is 0 Å². The summed E-state index contributed by atoms with van der Waals surface area (Å²) in [5.41, 5.74) is 5.49. The van der Waals surface area contributed by atoms with Crippen LogP contribution < -0.4 is 10.5 Å². The molecule has 3 N–H and O–H groups in total. The molecule has 5 nitrogen and oxygen atoms in total. The average Bonchev–Trinajstić information content (AvgIpc) is 2.37. The number of carboxylic acid groups (broad SMARTS) is 1. The molecular formula is C13H19NO4. The fourth-order valence-corrected chi connectivity index (χ4v) is 1.55. The Labute approximate surface area is 107 Å². The van der Waals surface area contributed by atoms with Crippen molar-refractivity contribution >= 4 is 5.97 Å². The number of hydrogen-bond donors (Lipinski definition) is 2. The summed E-state index contributed by atoms with van der Waals surface area (Å²) >= 11 is 0. The first kappa shape index (κ1) is 14.5. The van der Waals surface area contributed by atoms with Crippen LogP contribution in [0.25, 0.3) is 0 Å². The second-order valence-corrected chi connectivity index (χ2v) is 4.19. The highest BCUT2D eigenvalue weighted by molar-refractivity contribution is 5.78. The zero-order chi connectivity index (χ0) is 13.6. The van der Waals surface area contributed by atoms with Crippen molar-refractivity contribution in [3.8, 4) is 5.75 Å². The van der Waals surface area contributed by atoms with Crippen molar-refractivity contribution in [2.45, 2.75) is 25.3 Å². The number of nitrogens with two attached hydrogens (primary N) is 1. The van der Waals surface area contributed by atoms with Crippen molar-refractivity contribution in [1.29, 1.82) is 0 Å². The van der Waals surface area contributed by atoms with Gasteiger partial charge in [-0.1, -0.05) is 19.1 Å². The summed E-state index contributed by atoms with van der Waals surface area (Å²) in [6.07, 6.45) is 0.674. The van der Waals surface area contributed by atoms with Crippen molar-refractivity contribution in [2.24, 2.45) is 5.73 Å². The monoisotopic (exact) mass is 253 g/mol. The lowest BCUT2D eigenvalue weighted by Crippen LogP contribution is -2.49. The van der Waals surface area contributed by atoms with Crippen LogP contribution in [0.4, 0.5) is 0 Å². The average molecular weight is 253 g/mol. The maximum absolute atomic E-state index is 11.1. The Morgan fingerprint density at radius 1 is 1.39 bits per heavy atom. The van der Waals surface area contributed by atoms with Gasteiger partial charge in [0.1, 0.15) is 11.3 Å². The normalized spacial score (nSPS) is 13.9. The van der Waals surface area contributed by atoms with Gasteiger partial charge < -0.3 is 20.3 Å². The summed E-state index contributed by atoms with van der Waals surface area (Å²) < 4.78 is 10.0. The molecule has 1 aromatic carbocycles. The Kier molecular flexibility index (Phi) is 5.12. The molecule has 0 heterocycles. The first-order valence-corrected chi connectivity index (χ1v) is 5.75. The second-order valence-electron chi connectivity index (χ2n) is 4.19. The highest BCUT2D eigenvalue weighted by Gasteiger charge is 2.31. The van der Waals surface area contributed by atoms with Crippen molar-refractivity contribution < 1.29 is 19.4 Å². The first-order valence-electron chi connectivity index (χ1n) is 5.75. The molecule has 0 aliphatic heterocycles. The fraction of sp³-hybridized carbons (Fsp3) is 0.462. The van der Waals surface area contributed by atoms with Gasteiger partial charge in [-0.15, -0.1) is 0 Å². The van der Waals surface area contributed by atoms with Gasteiger partial charge in [-0.3, -0.25) is 4.79 Å². The molecule has 1 unspecified atom stereocenters. The topological polar surface area (TPSA) is 81.8 Å². The maximum atomic E-state index is 11.1. The van der Waals surface area contributed by atoms with E-state index in [1.54, 1.807) is 26.2 Å². The van der Waals surface area contributed by atoms with Crippen LogP contribution in [-0.2, 0) is 16.0 Å². The third-order valence-electron chi connectivity index (χ3n) is 2.84. The molecule has 0 saturated carbocycles. The Morgan fingerprint density at radius 3 is 2.44 bits per heavy atom. The molecule has 0 aliphatic carbocycles. The van der Waals surface area contributed by atoms with E-state index in [9.17, 15) is 4.79 Å². The lowest BCUT2D eigenvalue weighted by atomic mass is 9.89. The molecule has 1 aromatic rings. The van der Waals surface area contributed by atoms with Crippen LogP contribution in [0.2, 0.25) is 0 Å². The number of carbonyl (C=O) groups is 1. The van der Waals surface area contributed by atoms with E-state index >= 15 is 0 Å². The van der Waals surface area contributed by atoms with Gasteiger partial charge in [-0.2, -0.15) is 0 Å². The van der Waals surface area contributed by atoms with Gasteiger partial charge in [0.15, 0.2) is 6.79 Å². The second kappa shape index (κ2) is 6.37. The van der Waals surface area contributed by atoms with Crippen LogP contribution in [0.5, 0.6) is 5.75 Å². The van der Waals surface area contributed by atoms with E-state index in [-0.39, 0.29) is 6.79 Å². The largest absolute Gasteiger partial charge is 0.480 e. The molecule has 0 bridgehead atoms. The molecule has 0 amide bonds.